The lowest BCUT2D eigenvalue weighted by molar-refractivity contribution is 0.0947. The maximum absolute atomic E-state index is 13.3. The second-order valence-electron chi connectivity index (χ2n) is 8.52. The van der Waals surface area contributed by atoms with Crippen LogP contribution in [0.4, 0.5) is 10.2 Å². The van der Waals surface area contributed by atoms with Crippen LogP contribution in [-0.4, -0.2) is 44.5 Å². The van der Waals surface area contributed by atoms with E-state index in [2.05, 4.69) is 51.7 Å². The summed E-state index contributed by atoms with van der Waals surface area (Å²) >= 11 is 3.51. The summed E-state index contributed by atoms with van der Waals surface area (Å²) in [4.78, 5) is 13.1. The van der Waals surface area contributed by atoms with Gasteiger partial charge in [-0.15, -0.1) is 5.10 Å². The Morgan fingerprint density at radius 2 is 1.90 bits per heavy atom. The number of hydrogen-bond acceptors (Lipinski definition) is 11. The van der Waals surface area contributed by atoms with Crippen LogP contribution in [0.3, 0.4) is 0 Å². The molecule has 0 bridgehead atoms. The van der Waals surface area contributed by atoms with Crippen LogP contribution < -0.4 is 25.4 Å². The van der Waals surface area contributed by atoms with Crippen LogP contribution in [0.1, 0.15) is 27.3 Å². The van der Waals surface area contributed by atoms with E-state index in [1.165, 1.54) is 37.6 Å². The number of carbonyl (C=O) groups is 1. The number of amides is 1. The minimum Gasteiger partial charge on any atom is -0.493 e. The third-order valence-electron chi connectivity index (χ3n) is 5.72. The van der Waals surface area contributed by atoms with Crippen LogP contribution in [0.2, 0.25) is 0 Å². The van der Waals surface area contributed by atoms with Crippen LogP contribution in [0.5, 0.6) is 17.2 Å². The zero-order valence-corrected chi connectivity index (χ0v) is 23.5. The van der Waals surface area contributed by atoms with Gasteiger partial charge in [0.25, 0.3) is 5.91 Å². The Morgan fingerprint density at radius 3 is 2.62 bits per heavy atom. The SMILES string of the molecule is COc1cc(C=NNC(=O)c2nnn(-c3nonc3N)c2COc2ccc(F)cc2)cc(Br)c1OCc1ccccc1. The smallest absolute Gasteiger partial charge is 0.293 e. The van der Waals surface area contributed by atoms with Crippen LogP contribution >= 0.6 is 15.9 Å². The van der Waals surface area contributed by atoms with E-state index in [0.29, 0.717) is 33.9 Å². The van der Waals surface area contributed by atoms with E-state index >= 15 is 0 Å². The van der Waals surface area contributed by atoms with Gasteiger partial charge in [0.15, 0.2) is 17.2 Å². The van der Waals surface area contributed by atoms with E-state index in [9.17, 15) is 9.18 Å². The lowest BCUT2D eigenvalue weighted by atomic mass is 10.2. The predicted octanol–water partition coefficient (Wildman–Crippen LogP) is 4.06. The lowest BCUT2D eigenvalue weighted by Gasteiger charge is -2.13. The quantitative estimate of drug-likeness (QED) is 0.159. The molecule has 2 aromatic heterocycles. The molecule has 3 aromatic carbocycles. The average molecular weight is 637 g/mol. The highest BCUT2D eigenvalue weighted by Crippen LogP contribution is 2.37. The van der Waals surface area contributed by atoms with Gasteiger partial charge in [-0.25, -0.2) is 14.4 Å². The standard InChI is InChI=1S/C27H22BrFN8O5/c1-39-22-12-17(11-20(28)24(22)41-14-16-5-3-2-4-6-16)13-31-33-27(38)23-21(15-40-19-9-7-18(29)8-10-19)37(36-32-23)26-25(30)34-42-35-26/h2-13H,14-15H2,1H3,(H2,30,34)(H,33,38). The summed E-state index contributed by atoms with van der Waals surface area (Å²) in [7, 11) is 1.52. The van der Waals surface area contributed by atoms with Crippen molar-refractivity contribution in [3.05, 3.63) is 99.5 Å². The Morgan fingerprint density at radius 1 is 1.12 bits per heavy atom. The Hall–Kier alpha value is -5.31. The number of rotatable bonds is 11. The molecule has 3 N–H and O–H groups in total. The van der Waals surface area contributed by atoms with Crippen molar-refractivity contribution in [3.63, 3.8) is 0 Å². The predicted molar refractivity (Wildman–Crippen MR) is 151 cm³/mol. The minimum absolute atomic E-state index is 0.00859. The molecule has 0 aliphatic carbocycles. The highest BCUT2D eigenvalue weighted by Gasteiger charge is 2.24. The van der Waals surface area contributed by atoms with Gasteiger partial charge in [-0.05, 0) is 73.8 Å². The van der Waals surface area contributed by atoms with Gasteiger partial charge in [-0.1, -0.05) is 35.5 Å². The first kappa shape index (κ1) is 28.2. The molecule has 13 nitrogen and oxygen atoms in total. The summed E-state index contributed by atoms with van der Waals surface area (Å²) in [5, 5.41) is 19.2. The summed E-state index contributed by atoms with van der Waals surface area (Å²) in [5.41, 5.74) is 9.87. The van der Waals surface area contributed by atoms with Crippen molar-refractivity contribution in [2.45, 2.75) is 13.2 Å². The van der Waals surface area contributed by atoms with Gasteiger partial charge in [0.05, 0.1) is 17.8 Å². The van der Waals surface area contributed by atoms with Gasteiger partial charge >= 0.3 is 0 Å². The minimum atomic E-state index is -0.695. The number of carbonyl (C=O) groups excluding carboxylic acids is 1. The first-order chi connectivity index (χ1) is 20.4. The van der Waals surface area contributed by atoms with Gasteiger partial charge in [0.1, 0.15) is 30.5 Å². The fourth-order valence-electron chi connectivity index (χ4n) is 3.70. The van der Waals surface area contributed by atoms with Crippen molar-refractivity contribution in [2.75, 3.05) is 12.8 Å². The number of nitrogens with two attached hydrogens (primary N) is 1. The van der Waals surface area contributed by atoms with Crippen molar-refractivity contribution in [1.29, 1.82) is 0 Å². The number of halogens is 2. The third kappa shape index (κ3) is 6.52. The Balaban J connectivity index is 1.32. The highest BCUT2D eigenvalue weighted by molar-refractivity contribution is 9.10. The van der Waals surface area contributed by atoms with Gasteiger partial charge < -0.3 is 19.9 Å². The molecular weight excluding hydrogens is 615 g/mol. The van der Waals surface area contributed by atoms with E-state index < -0.39 is 11.7 Å². The summed E-state index contributed by atoms with van der Waals surface area (Å²) in [6, 6.07) is 18.5. The van der Waals surface area contributed by atoms with Crippen molar-refractivity contribution in [2.24, 2.45) is 5.10 Å². The Labute approximate surface area is 246 Å². The lowest BCUT2D eigenvalue weighted by Crippen LogP contribution is -2.21. The number of hydrogen-bond donors (Lipinski definition) is 2. The number of nitrogen functional groups attached to an aromatic ring is 1. The van der Waals surface area contributed by atoms with Crippen LogP contribution in [-0.2, 0) is 13.2 Å². The number of benzene rings is 3. The molecule has 0 spiro atoms. The van der Waals surface area contributed by atoms with E-state index in [1.54, 1.807) is 12.1 Å². The number of hydrazone groups is 1. The van der Waals surface area contributed by atoms with E-state index in [4.69, 9.17) is 19.9 Å². The third-order valence-corrected chi connectivity index (χ3v) is 6.31. The van der Waals surface area contributed by atoms with Crippen molar-refractivity contribution >= 4 is 33.9 Å². The van der Waals surface area contributed by atoms with Crippen molar-refractivity contribution in [1.82, 2.24) is 30.7 Å². The topological polar surface area (TPSA) is 165 Å². The number of ether oxygens (including phenoxy) is 3. The summed E-state index contributed by atoms with van der Waals surface area (Å²) in [5.74, 6) is 0.140. The fourth-order valence-corrected chi connectivity index (χ4v) is 4.27. The largest absolute Gasteiger partial charge is 0.493 e. The molecule has 0 saturated carbocycles. The van der Waals surface area contributed by atoms with Gasteiger partial charge in [0, 0.05) is 0 Å². The maximum Gasteiger partial charge on any atom is 0.293 e. The zero-order chi connectivity index (χ0) is 29.5. The first-order valence-electron chi connectivity index (χ1n) is 12.2. The molecule has 0 aliphatic heterocycles. The van der Waals surface area contributed by atoms with Gasteiger partial charge in [-0.2, -0.15) is 9.78 Å². The number of nitrogens with zero attached hydrogens (tertiary/aromatic N) is 6. The van der Waals surface area contributed by atoms with Crippen molar-refractivity contribution < 1.29 is 28.0 Å². The highest BCUT2D eigenvalue weighted by atomic mass is 79.9. The van der Waals surface area contributed by atoms with Crippen molar-refractivity contribution in [3.8, 4) is 23.1 Å². The molecule has 5 rings (SSSR count). The number of methoxy groups -OCH3 is 1. The summed E-state index contributed by atoms with van der Waals surface area (Å²) in [6.07, 6.45) is 1.42. The molecule has 0 aliphatic rings. The molecule has 0 radical (unpaired) electrons. The molecular formula is C27H22BrFN8O5. The van der Waals surface area contributed by atoms with E-state index in [0.717, 1.165) is 10.2 Å². The zero-order valence-electron chi connectivity index (χ0n) is 21.9. The number of nitrogens with one attached hydrogen (secondary N) is 1. The van der Waals surface area contributed by atoms with Gasteiger partial charge in [-0.3, -0.25) is 4.79 Å². The molecule has 0 atom stereocenters. The van der Waals surface area contributed by atoms with E-state index in [-0.39, 0.29) is 29.6 Å². The maximum atomic E-state index is 13.3. The Bertz CT molecular complexity index is 1710. The molecule has 0 saturated heterocycles. The van der Waals surface area contributed by atoms with Gasteiger partial charge in [0.2, 0.25) is 11.6 Å². The molecule has 0 fully saturated rings. The fraction of sp³-hybridized carbons (Fsp3) is 0.111. The molecule has 1 amide bonds. The molecule has 5 aromatic rings. The summed E-state index contributed by atoms with van der Waals surface area (Å²) in [6.45, 7) is 0.148. The van der Waals surface area contributed by atoms with Crippen LogP contribution in [0.15, 0.2) is 80.9 Å². The first-order valence-corrected chi connectivity index (χ1v) is 13.0. The monoisotopic (exact) mass is 636 g/mol. The van der Waals surface area contributed by atoms with E-state index in [1.807, 2.05) is 30.3 Å². The second kappa shape index (κ2) is 12.9. The molecule has 2 heterocycles. The van der Waals surface area contributed by atoms with Crippen LogP contribution in [0, 0.1) is 5.82 Å². The number of aromatic nitrogens is 5. The normalized spacial score (nSPS) is 11.0. The second-order valence-corrected chi connectivity index (χ2v) is 9.37. The number of anilines is 1. The molecule has 0 unspecified atom stereocenters. The molecule has 15 heteroatoms. The molecule has 214 valence electrons. The Kier molecular flexibility index (Phi) is 8.67. The molecule has 42 heavy (non-hydrogen) atoms. The summed E-state index contributed by atoms with van der Waals surface area (Å²) < 4.78 is 36.9. The average Bonchev–Trinajstić information content (AvgIpc) is 3.62. The van der Waals surface area contributed by atoms with Crippen LogP contribution in [0.25, 0.3) is 5.82 Å².